The molecule has 1 saturated heterocycles. The molecule has 1 aliphatic heterocycles. The van der Waals surface area contributed by atoms with E-state index in [0.29, 0.717) is 11.9 Å². The highest BCUT2D eigenvalue weighted by Crippen LogP contribution is 2.24. The van der Waals surface area contributed by atoms with Gasteiger partial charge in [0.15, 0.2) is 0 Å². The lowest BCUT2D eigenvalue weighted by molar-refractivity contribution is 0.402. The van der Waals surface area contributed by atoms with Gasteiger partial charge in [-0.25, -0.2) is 0 Å². The summed E-state index contributed by atoms with van der Waals surface area (Å²) in [7, 11) is 0. The molecule has 1 N–H and O–H groups in total. The maximum atomic E-state index is 9.46. The third-order valence-electron chi connectivity index (χ3n) is 2.08. The number of ether oxygens (including phenoxy) is 1. The van der Waals surface area contributed by atoms with Crippen LogP contribution >= 0.6 is 0 Å². The van der Waals surface area contributed by atoms with Crippen LogP contribution in [0.4, 0.5) is 0 Å². The number of phenols is 1. The topological polar surface area (TPSA) is 32.8 Å². The Balaban J connectivity index is 2.21. The Morgan fingerprint density at radius 3 is 3.00 bits per heavy atom. The second-order valence-corrected chi connectivity index (χ2v) is 3.29. The summed E-state index contributed by atoms with van der Waals surface area (Å²) in [5.74, 6) is 0.385. The SMILES string of the molecule is Cc1ccc(O)c(CC2CO2)c1. The van der Waals surface area contributed by atoms with E-state index in [9.17, 15) is 5.11 Å². The van der Waals surface area contributed by atoms with Crippen molar-refractivity contribution < 1.29 is 9.84 Å². The van der Waals surface area contributed by atoms with Crippen molar-refractivity contribution in [3.8, 4) is 5.75 Å². The summed E-state index contributed by atoms with van der Waals surface area (Å²) >= 11 is 0. The van der Waals surface area contributed by atoms with Crippen molar-refractivity contribution in [1.29, 1.82) is 0 Å². The van der Waals surface area contributed by atoms with E-state index in [1.54, 1.807) is 6.07 Å². The minimum atomic E-state index is 0.345. The molecule has 2 rings (SSSR count). The molecular formula is C10H12O2. The summed E-state index contributed by atoms with van der Waals surface area (Å²) in [6.07, 6.45) is 1.19. The molecule has 2 heteroatoms. The number of hydrogen-bond donors (Lipinski definition) is 1. The fourth-order valence-electron chi connectivity index (χ4n) is 1.31. The van der Waals surface area contributed by atoms with Gasteiger partial charge in [0.2, 0.25) is 0 Å². The van der Waals surface area contributed by atoms with Gasteiger partial charge in [0, 0.05) is 6.42 Å². The molecule has 0 bridgehead atoms. The lowest BCUT2D eigenvalue weighted by Gasteiger charge is -2.02. The Kier molecular flexibility index (Phi) is 1.77. The number of phenolic OH excluding ortho intramolecular Hbond substituents is 1. The summed E-state index contributed by atoms with van der Waals surface area (Å²) in [5, 5.41) is 9.46. The Bertz CT molecular complexity index is 290. The Labute approximate surface area is 71.8 Å². The predicted octanol–water partition coefficient (Wildman–Crippen LogP) is 1.64. The van der Waals surface area contributed by atoms with E-state index in [4.69, 9.17) is 4.74 Å². The van der Waals surface area contributed by atoms with Gasteiger partial charge >= 0.3 is 0 Å². The third-order valence-corrected chi connectivity index (χ3v) is 2.08. The van der Waals surface area contributed by atoms with Crippen molar-refractivity contribution in [3.63, 3.8) is 0 Å². The molecule has 1 aromatic rings. The summed E-state index contributed by atoms with van der Waals surface area (Å²) in [4.78, 5) is 0. The monoisotopic (exact) mass is 164 g/mol. The predicted molar refractivity (Wildman–Crippen MR) is 46.3 cm³/mol. The molecule has 1 atom stereocenters. The molecule has 1 aromatic carbocycles. The van der Waals surface area contributed by atoms with Crippen LogP contribution in [0.1, 0.15) is 11.1 Å². The molecule has 1 unspecified atom stereocenters. The van der Waals surface area contributed by atoms with E-state index in [1.807, 2.05) is 19.1 Å². The highest BCUT2D eigenvalue weighted by atomic mass is 16.6. The highest BCUT2D eigenvalue weighted by Gasteiger charge is 2.23. The average molecular weight is 164 g/mol. The van der Waals surface area contributed by atoms with Crippen molar-refractivity contribution in [2.75, 3.05) is 6.61 Å². The molecule has 0 amide bonds. The van der Waals surface area contributed by atoms with E-state index < -0.39 is 0 Å². The molecule has 1 aliphatic rings. The Hall–Kier alpha value is -1.02. The van der Waals surface area contributed by atoms with Crippen LogP contribution < -0.4 is 0 Å². The zero-order valence-electron chi connectivity index (χ0n) is 7.08. The van der Waals surface area contributed by atoms with Gasteiger partial charge in [0.25, 0.3) is 0 Å². The summed E-state index contributed by atoms with van der Waals surface area (Å²) < 4.78 is 5.10. The van der Waals surface area contributed by atoms with Crippen LogP contribution in [-0.2, 0) is 11.2 Å². The fraction of sp³-hybridized carbons (Fsp3) is 0.400. The first kappa shape index (κ1) is 7.62. The summed E-state index contributed by atoms with van der Waals surface area (Å²) in [6, 6.07) is 5.66. The smallest absolute Gasteiger partial charge is 0.118 e. The molecule has 0 radical (unpaired) electrons. The van der Waals surface area contributed by atoms with Crippen molar-refractivity contribution >= 4 is 0 Å². The van der Waals surface area contributed by atoms with Crippen molar-refractivity contribution in [3.05, 3.63) is 29.3 Å². The molecule has 2 nitrogen and oxygen atoms in total. The van der Waals surface area contributed by atoms with Gasteiger partial charge in [0.1, 0.15) is 5.75 Å². The van der Waals surface area contributed by atoms with Gasteiger partial charge in [-0.1, -0.05) is 17.7 Å². The fourth-order valence-corrected chi connectivity index (χ4v) is 1.31. The molecular weight excluding hydrogens is 152 g/mol. The van der Waals surface area contributed by atoms with Crippen LogP contribution in [0.3, 0.4) is 0 Å². The lowest BCUT2D eigenvalue weighted by atomic mass is 10.1. The highest BCUT2D eigenvalue weighted by molar-refractivity contribution is 5.36. The van der Waals surface area contributed by atoms with E-state index in [2.05, 4.69) is 0 Å². The largest absolute Gasteiger partial charge is 0.508 e. The molecule has 1 fully saturated rings. The first-order valence-electron chi connectivity index (χ1n) is 4.16. The van der Waals surface area contributed by atoms with Gasteiger partial charge < -0.3 is 9.84 Å². The van der Waals surface area contributed by atoms with Gasteiger partial charge in [0.05, 0.1) is 12.7 Å². The summed E-state index contributed by atoms with van der Waals surface area (Å²) in [6.45, 7) is 2.87. The van der Waals surface area contributed by atoms with Gasteiger partial charge in [-0.3, -0.25) is 0 Å². The first-order chi connectivity index (χ1) is 5.75. The van der Waals surface area contributed by atoms with Crippen LogP contribution in [0, 0.1) is 6.92 Å². The molecule has 0 aliphatic carbocycles. The molecule has 12 heavy (non-hydrogen) atoms. The van der Waals surface area contributed by atoms with E-state index in [-0.39, 0.29) is 0 Å². The standard InChI is InChI=1S/C10H12O2/c1-7-2-3-10(11)8(4-7)5-9-6-12-9/h2-4,9,11H,5-6H2,1H3. The number of benzene rings is 1. The summed E-state index contributed by atoms with van der Waals surface area (Å²) in [5.41, 5.74) is 2.18. The molecule has 1 heterocycles. The second-order valence-electron chi connectivity index (χ2n) is 3.29. The number of epoxide rings is 1. The van der Waals surface area contributed by atoms with Crippen LogP contribution in [0.5, 0.6) is 5.75 Å². The molecule has 0 aromatic heterocycles. The van der Waals surface area contributed by atoms with E-state index >= 15 is 0 Å². The molecule has 64 valence electrons. The van der Waals surface area contributed by atoms with Gasteiger partial charge in [-0.2, -0.15) is 0 Å². The Morgan fingerprint density at radius 1 is 1.58 bits per heavy atom. The second kappa shape index (κ2) is 2.79. The zero-order chi connectivity index (χ0) is 8.55. The maximum absolute atomic E-state index is 9.46. The van der Waals surface area contributed by atoms with Crippen molar-refractivity contribution in [2.24, 2.45) is 0 Å². The van der Waals surface area contributed by atoms with Crippen LogP contribution in [0.2, 0.25) is 0 Å². The van der Waals surface area contributed by atoms with Crippen molar-refractivity contribution in [2.45, 2.75) is 19.4 Å². The minimum Gasteiger partial charge on any atom is -0.508 e. The van der Waals surface area contributed by atoms with E-state index in [1.165, 1.54) is 5.56 Å². The van der Waals surface area contributed by atoms with Crippen LogP contribution in [0.25, 0.3) is 0 Å². The molecule has 0 saturated carbocycles. The van der Waals surface area contributed by atoms with E-state index in [0.717, 1.165) is 18.6 Å². The zero-order valence-corrected chi connectivity index (χ0v) is 7.08. The average Bonchev–Trinajstić information content (AvgIpc) is 2.81. The normalized spacial score (nSPS) is 20.9. The number of hydrogen-bond acceptors (Lipinski definition) is 2. The number of aromatic hydroxyl groups is 1. The van der Waals surface area contributed by atoms with Gasteiger partial charge in [-0.05, 0) is 18.6 Å². The number of aryl methyl sites for hydroxylation is 1. The van der Waals surface area contributed by atoms with Crippen LogP contribution in [-0.4, -0.2) is 17.8 Å². The first-order valence-corrected chi connectivity index (χ1v) is 4.16. The quantitative estimate of drug-likeness (QED) is 0.674. The number of rotatable bonds is 2. The lowest BCUT2D eigenvalue weighted by Crippen LogP contribution is -1.93. The third kappa shape index (κ3) is 1.59. The maximum Gasteiger partial charge on any atom is 0.118 e. The Morgan fingerprint density at radius 2 is 2.33 bits per heavy atom. The van der Waals surface area contributed by atoms with Gasteiger partial charge in [-0.15, -0.1) is 0 Å². The van der Waals surface area contributed by atoms with Crippen LogP contribution in [0.15, 0.2) is 18.2 Å². The minimum absolute atomic E-state index is 0.345. The van der Waals surface area contributed by atoms with Crippen molar-refractivity contribution in [1.82, 2.24) is 0 Å². The molecule has 0 spiro atoms.